The molecule has 1 N–H and O–H groups in total. The number of rotatable bonds is 9. The lowest BCUT2D eigenvalue weighted by atomic mass is 10.1. The van der Waals surface area contributed by atoms with Crippen LogP contribution in [0.3, 0.4) is 0 Å². The minimum Gasteiger partial charge on any atom is -0.497 e. The van der Waals surface area contributed by atoms with Crippen molar-refractivity contribution in [1.82, 2.24) is 9.62 Å². The molecule has 3 rings (SSSR count). The molecular formula is C22H28N2O4S. The van der Waals surface area contributed by atoms with Gasteiger partial charge < -0.3 is 10.1 Å². The van der Waals surface area contributed by atoms with Crippen molar-refractivity contribution in [3.05, 3.63) is 65.2 Å². The van der Waals surface area contributed by atoms with Crippen LogP contribution in [0.1, 0.15) is 40.7 Å². The highest BCUT2D eigenvalue weighted by Crippen LogP contribution is 2.18. The van der Waals surface area contributed by atoms with Crippen molar-refractivity contribution in [2.45, 2.75) is 31.4 Å². The first-order chi connectivity index (χ1) is 14.0. The molecule has 2 aromatic carbocycles. The summed E-state index contributed by atoms with van der Waals surface area (Å²) in [5, 5.41) is 2.91. The van der Waals surface area contributed by atoms with Gasteiger partial charge in [0.15, 0.2) is 0 Å². The number of methoxy groups -OCH3 is 1. The first-order valence-electron chi connectivity index (χ1n) is 9.96. The first-order valence-corrected chi connectivity index (χ1v) is 11.6. The van der Waals surface area contributed by atoms with E-state index < -0.39 is 10.0 Å². The number of nitrogens with one attached hydrogen (secondary N) is 1. The highest BCUT2D eigenvalue weighted by Gasteiger charge is 2.25. The van der Waals surface area contributed by atoms with Gasteiger partial charge in [-0.05, 0) is 61.1 Å². The molecule has 0 spiro atoms. The summed E-state index contributed by atoms with van der Waals surface area (Å²) in [6, 6.07) is 14.7. The van der Waals surface area contributed by atoms with Crippen molar-refractivity contribution in [1.29, 1.82) is 0 Å². The summed E-state index contributed by atoms with van der Waals surface area (Å²) in [5.41, 5.74) is 2.40. The number of carbonyl (C=O) groups is 1. The van der Waals surface area contributed by atoms with E-state index in [9.17, 15) is 13.2 Å². The molecule has 7 heteroatoms. The van der Waals surface area contributed by atoms with Gasteiger partial charge in [-0.1, -0.05) is 24.3 Å². The number of ether oxygens (including phenoxy) is 1. The molecule has 0 bridgehead atoms. The molecule has 0 aromatic heterocycles. The molecule has 0 atom stereocenters. The Bertz CT molecular complexity index is 920. The monoisotopic (exact) mass is 416 g/mol. The fourth-order valence-corrected chi connectivity index (χ4v) is 5.06. The van der Waals surface area contributed by atoms with Crippen molar-refractivity contribution >= 4 is 15.9 Å². The van der Waals surface area contributed by atoms with E-state index in [1.807, 2.05) is 24.3 Å². The van der Waals surface area contributed by atoms with Gasteiger partial charge in [-0.3, -0.25) is 4.79 Å². The fourth-order valence-electron chi connectivity index (χ4n) is 3.45. The molecule has 156 valence electrons. The lowest BCUT2D eigenvalue weighted by Gasteiger charge is -2.15. The summed E-state index contributed by atoms with van der Waals surface area (Å²) in [6.07, 6.45) is 3.53. The van der Waals surface area contributed by atoms with Crippen molar-refractivity contribution in [3.8, 4) is 5.75 Å². The number of nitrogens with zero attached hydrogens (tertiary/aromatic N) is 1. The zero-order chi connectivity index (χ0) is 20.7. The van der Waals surface area contributed by atoms with Gasteiger partial charge in [-0.25, -0.2) is 12.7 Å². The van der Waals surface area contributed by atoms with Crippen LogP contribution in [0.4, 0.5) is 0 Å². The molecule has 1 fully saturated rings. The molecule has 0 unspecified atom stereocenters. The molecule has 0 aliphatic carbocycles. The Morgan fingerprint density at radius 3 is 2.48 bits per heavy atom. The second kappa shape index (κ2) is 9.89. The highest BCUT2D eigenvalue weighted by molar-refractivity contribution is 7.88. The Morgan fingerprint density at radius 2 is 1.79 bits per heavy atom. The molecule has 1 aliphatic rings. The average molecular weight is 417 g/mol. The molecule has 1 amide bonds. The molecular weight excluding hydrogens is 388 g/mol. The van der Waals surface area contributed by atoms with Gasteiger partial charge in [0, 0.05) is 25.2 Å². The quantitative estimate of drug-likeness (QED) is 0.638. The van der Waals surface area contributed by atoms with Crippen LogP contribution in [0.25, 0.3) is 0 Å². The van der Waals surface area contributed by atoms with Crippen LogP contribution in [0.5, 0.6) is 5.75 Å². The number of amides is 1. The Labute approximate surface area is 172 Å². The van der Waals surface area contributed by atoms with E-state index in [2.05, 4.69) is 5.32 Å². The van der Waals surface area contributed by atoms with Crippen LogP contribution >= 0.6 is 0 Å². The van der Waals surface area contributed by atoms with Gasteiger partial charge in [0.1, 0.15) is 5.75 Å². The van der Waals surface area contributed by atoms with Crippen LogP contribution in [-0.2, 0) is 22.2 Å². The lowest BCUT2D eigenvalue weighted by Crippen LogP contribution is -2.29. The van der Waals surface area contributed by atoms with E-state index in [-0.39, 0.29) is 11.7 Å². The maximum Gasteiger partial charge on any atom is 0.251 e. The van der Waals surface area contributed by atoms with Gasteiger partial charge >= 0.3 is 0 Å². The third-order valence-electron chi connectivity index (χ3n) is 5.09. The van der Waals surface area contributed by atoms with Crippen LogP contribution in [-0.4, -0.2) is 45.4 Å². The predicted octanol–water partition coefficient (Wildman–Crippen LogP) is 2.98. The van der Waals surface area contributed by atoms with Gasteiger partial charge in [0.2, 0.25) is 10.0 Å². The second-order valence-corrected chi connectivity index (χ2v) is 9.24. The predicted molar refractivity (Wildman–Crippen MR) is 114 cm³/mol. The number of sulfonamides is 1. The maximum absolute atomic E-state index is 12.4. The largest absolute Gasteiger partial charge is 0.497 e. The van der Waals surface area contributed by atoms with E-state index in [0.29, 0.717) is 30.8 Å². The summed E-state index contributed by atoms with van der Waals surface area (Å²) >= 11 is 0. The second-order valence-electron chi connectivity index (χ2n) is 7.27. The summed E-state index contributed by atoms with van der Waals surface area (Å²) in [5.74, 6) is 0.665. The summed E-state index contributed by atoms with van der Waals surface area (Å²) in [7, 11) is -1.63. The summed E-state index contributed by atoms with van der Waals surface area (Å²) in [6.45, 7) is 1.79. The number of aryl methyl sites for hydroxylation is 1. The van der Waals surface area contributed by atoms with Crippen LogP contribution in [0, 0.1) is 0 Å². The Kier molecular flexibility index (Phi) is 7.28. The number of hydrogen-bond donors (Lipinski definition) is 1. The van der Waals surface area contributed by atoms with Crippen LogP contribution < -0.4 is 10.1 Å². The topological polar surface area (TPSA) is 75.7 Å². The molecule has 6 nitrogen and oxygen atoms in total. The molecule has 1 heterocycles. The van der Waals surface area contributed by atoms with E-state index in [1.54, 1.807) is 35.7 Å². The normalized spacial score (nSPS) is 14.7. The highest BCUT2D eigenvalue weighted by atomic mass is 32.2. The van der Waals surface area contributed by atoms with Crippen molar-refractivity contribution < 1.29 is 17.9 Å². The number of carbonyl (C=O) groups excluding carboxylic acids is 1. The fraction of sp³-hybridized carbons (Fsp3) is 0.409. The van der Waals surface area contributed by atoms with Gasteiger partial charge in [0.25, 0.3) is 5.91 Å². The number of hydrogen-bond acceptors (Lipinski definition) is 4. The third kappa shape index (κ3) is 6.05. The van der Waals surface area contributed by atoms with E-state index >= 15 is 0 Å². The minimum absolute atomic E-state index is 0.0184. The Morgan fingerprint density at radius 1 is 1.07 bits per heavy atom. The SMILES string of the molecule is COc1cccc(CCCNC(=O)c2ccc(CS(=O)(=O)N3CCCC3)cc2)c1. The van der Waals surface area contributed by atoms with Gasteiger partial charge in [-0.2, -0.15) is 0 Å². The van der Waals surface area contributed by atoms with Gasteiger partial charge in [0.05, 0.1) is 12.9 Å². The smallest absolute Gasteiger partial charge is 0.251 e. The number of benzene rings is 2. The molecule has 0 radical (unpaired) electrons. The molecule has 29 heavy (non-hydrogen) atoms. The minimum atomic E-state index is -3.27. The van der Waals surface area contributed by atoms with Crippen molar-refractivity contribution in [3.63, 3.8) is 0 Å². The van der Waals surface area contributed by atoms with E-state index in [4.69, 9.17) is 4.74 Å². The summed E-state index contributed by atoms with van der Waals surface area (Å²) < 4.78 is 31.6. The average Bonchev–Trinajstić information content (AvgIpc) is 3.27. The summed E-state index contributed by atoms with van der Waals surface area (Å²) in [4.78, 5) is 12.3. The zero-order valence-electron chi connectivity index (χ0n) is 16.8. The zero-order valence-corrected chi connectivity index (χ0v) is 17.6. The molecule has 1 saturated heterocycles. The molecule has 0 saturated carbocycles. The van der Waals surface area contributed by atoms with Gasteiger partial charge in [-0.15, -0.1) is 0 Å². The van der Waals surface area contributed by atoms with Crippen molar-refractivity contribution in [2.75, 3.05) is 26.7 Å². The van der Waals surface area contributed by atoms with Crippen molar-refractivity contribution in [2.24, 2.45) is 0 Å². The lowest BCUT2D eigenvalue weighted by molar-refractivity contribution is 0.0953. The standard InChI is InChI=1S/C22H28N2O4S/c1-28-21-8-4-6-18(16-21)7-5-13-23-22(25)20-11-9-19(10-12-20)17-29(26,27)24-14-2-3-15-24/h4,6,8-12,16H,2-3,5,7,13-15,17H2,1H3,(H,23,25). The van der Waals surface area contributed by atoms with Crippen LogP contribution in [0.2, 0.25) is 0 Å². The Hall–Kier alpha value is -2.38. The Balaban J connectivity index is 1.46. The van der Waals surface area contributed by atoms with E-state index in [1.165, 1.54) is 5.56 Å². The third-order valence-corrected chi connectivity index (χ3v) is 6.94. The van der Waals surface area contributed by atoms with Crippen LogP contribution in [0.15, 0.2) is 48.5 Å². The van der Waals surface area contributed by atoms with E-state index in [0.717, 1.165) is 31.4 Å². The molecule has 2 aromatic rings. The molecule has 1 aliphatic heterocycles. The first kappa shape index (κ1) is 21.3. The maximum atomic E-state index is 12.4.